The fourth-order valence-electron chi connectivity index (χ4n) is 1.53. The van der Waals surface area contributed by atoms with Gasteiger partial charge in [-0.3, -0.25) is 0 Å². The molecule has 0 aromatic heterocycles. The summed E-state index contributed by atoms with van der Waals surface area (Å²) >= 11 is 18.3. The fourth-order valence-corrected chi connectivity index (χ4v) is 2.21. The lowest BCUT2D eigenvalue weighted by Gasteiger charge is -2.29. The molecule has 1 N–H and O–H groups in total. The van der Waals surface area contributed by atoms with Crippen molar-refractivity contribution >= 4 is 34.8 Å². The van der Waals surface area contributed by atoms with Crippen LogP contribution in [-0.4, -0.2) is 5.54 Å². The molecule has 0 amide bonds. The van der Waals surface area contributed by atoms with Crippen LogP contribution in [0.2, 0.25) is 15.1 Å². The molecule has 0 aliphatic heterocycles. The van der Waals surface area contributed by atoms with Gasteiger partial charge in [0, 0.05) is 22.7 Å². The van der Waals surface area contributed by atoms with Gasteiger partial charge in [-0.2, -0.15) is 0 Å². The smallest absolute Gasteiger partial charge is 0.0652 e. The molecule has 96 valence electrons. The van der Waals surface area contributed by atoms with Crippen LogP contribution in [0.15, 0.2) is 12.1 Å². The SMILES string of the molecule is CCC(C)(CC)NCc1c(Cl)ccc(Cl)c1Cl. The van der Waals surface area contributed by atoms with E-state index in [1.165, 1.54) is 0 Å². The van der Waals surface area contributed by atoms with Crippen LogP contribution in [-0.2, 0) is 6.54 Å². The Morgan fingerprint density at radius 1 is 1.06 bits per heavy atom. The molecule has 0 aliphatic rings. The molecule has 0 spiro atoms. The highest BCUT2D eigenvalue weighted by Gasteiger charge is 2.20. The highest BCUT2D eigenvalue weighted by Crippen LogP contribution is 2.31. The highest BCUT2D eigenvalue weighted by atomic mass is 35.5. The summed E-state index contributed by atoms with van der Waals surface area (Å²) in [5.41, 5.74) is 0.976. The summed E-state index contributed by atoms with van der Waals surface area (Å²) in [5, 5.41) is 5.23. The molecule has 0 fully saturated rings. The standard InChI is InChI=1S/C13H18Cl3N/c1-4-13(3,5-2)17-8-9-10(14)6-7-11(15)12(9)16/h6-7,17H,4-5,8H2,1-3H3. The van der Waals surface area contributed by atoms with Gasteiger partial charge in [0.05, 0.1) is 10.0 Å². The number of hydrogen-bond acceptors (Lipinski definition) is 1. The first kappa shape index (κ1) is 15.1. The van der Waals surface area contributed by atoms with Gasteiger partial charge >= 0.3 is 0 Å². The van der Waals surface area contributed by atoms with Crippen molar-refractivity contribution in [3.05, 3.63) is 32.8 Å². The topological polar surface area (TPSA) is 12.0 Å². The Balaban J connectivity index is 2.86. The minimum absolute atomic E-state index is 0.106. The van der Waals surface area contributed by atoms with Crippen molar-refractivity contribution in [1.29, 1.82) is 0 Å². The zero-order chi connectivity index (χ0) is 13.1. The third kappa shape index (κ3) is 3.75. The van der Waals surface area contributed by atoms with Crippen molar-refractivity contribution in [2.24, 2.45) is 0 Å². The number of hydrogen-bond donors (Lipinski definition) is 1. The zero-order valence-electron chi connectivity index (χ0n) is 10.4. The molecule has 0 radical (unpaired) electrons. The van der Waals surface area contributed by atoms with Gasteiger partial charge in [0.2, 0.25) is 0 Å². The van der Waals surface area contributed by atoms with Crippen LogP contribution in [0.4, 0.5) is 0 Å². The van der Waals surface area contributed by atoms with Crippen LogP contribution in [0, 0.1) is 0 Å². The minimum Gasteiger partial charge on any atom is -0.307 e. The Labute approximate surface area is 118 Å². The van der Waals surface area contributed by atoms with Gasteiger partial charge in [-0.1, -0.05) is 48.7 Å². The Hall–Kier alpha value is 0.0500. The van der Waals surface area contributed by atoms with E-state index >= 15 is 0 Å². The quantitative estimate of drug-likeness (QED) is 0.725. The average molecular weight is 295 g/mol. The van der Waals surface area contributed by atoms with Crippen molar-refractivity contribution in [2.75, 3.05) is 0 Å². The minimum atomic E-state index is 0.106. The summed E-state index contributed by atoms with van der Waals surface area (Å²) in [4.78, 5) is 0. The summed E-state index contributed by atoms with van der Waals surface area (Å²) in [7, 11) is 0. The van der Waals surface area contributed by atoms with E-state index in [4.69, 9.17) is 34.8 Å². The summed E-state index contributed by atoms with van der Waals surface area (Å²) < 4.78 is 0. The lowest BCUT2D eigenvalue weighted by atomic mass is 9.95. The second-order valence-electron chi connectivity index (χ2n) is 4.44. The maximum Gasteiger partial charge on any atom is 0.0652 e. The normalized spacial score (nSPS) is 11.9. The molecule has 17 heavy (non-hydrogen) atoms. The molecule has 1 rings (SSSR count). The van der Waals surface area contributed by atoms with E-state index < -0.39 is 0 Å². The first-order chi connectivity index (χ1) is 7.93. The molecule has 1 nitrogen and oxygen atoms in total. The van der Waals surface area contributed by atoms with Gasteiger partial charge in [-0.25, -0.2) is 0 Å². The van der Waals surface area contributed by atoms with Crippen LogP contribution < -0.4 is 5.32 Å². The molecule has 1 aromatic carbocycles. The van der Waals surface area contributed by atoms with E-state index in [9.17, 15) is 0 Å². The molecule has 1 aromatic rings. The summed E-state index contributed by atoms with van der Waals surface area (Å²) in [6.45, 7) is 7.16. The molecule has 0 aliphatic carbocycles. The Morgan fingerprint density at radius 3 is 2.12 bits per heavy atom. The molecule has 0 unspecified atom stereocenters. The van der Waals surface area contributed by atoms with E-state index in [0.717, 1.165) is 18.4 Å². The molecule has 0 saturated carbocycles. The second kappa shape index (κ2) is 6.29. The van der Waals surface area contributed by atoms with Crippen molar-refractivity contribution in [3.63, 3.8) is 0 Å². The molecule has 0 heterocycles. The third-order valence-electron chi connectivity index (χ3n) is 3.39. The third-order valence-corrected chi connectivity index (χ3v) is 4.59. The largest absolute Gasteiger partial charge is 0.307 e. The number of halogens is 3. The van der Waals surface area contributed by atoms with E-state index in [1.807, 2.05) is 0 Å². The van der Waals surface area contributed by atoms with E-state index in [-0.39, 0.29) is 5.54 Å². The molecule has 0 atom stereocenters. The molecule has 0 bridgehead atoms. The van der Waals surface area contributed by atoms with Crippen molar-refractivity contribution in [1.82, 2.24) is 5.32 Å². The van der Waals surface area contributed by atoms with Gasteiger partial charge in [-0.15, -0.1) is 0 Å². The van der Waals surface area contributed by atoms with Gasteiger partial charge in [0.15, 0.2) is 0 Å². The van der Waals surface area contributed by atoms with E-state index in [0.29, 0.717) is 21.6 Å². The predicted molar refractivity (Wildman–Crippen MR) is 77.3 cm³/mol. The Bertz CT molecular complexity index is 386. The average Bonchev–Trinajstić information content (AvgIpc) is 2.33. The van der Waals surface area contributed by atoms with Gasteiger partial charge < -0.3 is 5.32 Å². The molecular formula is C13H18Cl3N. The van der Waals surface area contributed by atoms with Crippen LogP contribution in [0.3, 0.4) is 0 Å². The Morgan fingerprint density at radius 2 is 1.59 bits per heavy atom. The lowest BCUT2D eigenvalue weighted by molar-refractivity contribution is 0.329. The lowest BCUT2D eigenvalue weighted by Crippen LogP contribution is -2.40. The van der Waals surface area contributed by atoms with Gasteiger partial charge in [-0.05, 0) is 31.9 Å². The first-order valence-corrected chi connectivity index (χ1v) is 6.94. The van der Waals surface area contributed by atoms with E-state index in [2.05, 4.69) is 26.1 Å². The van der Waals surface area contributed by atoms with Crippen LogP contribution in [0.5, 0.6) is 0 Å². The van der Waals surface area contributed by atoms with Gasteiger partial charge in [0.25, 0.3) is 0 Å². The van der Waals surface area contributed by atoms with Crippen LogP contribution in [0.1, 0.15) is 39.2 Å². The number of nitrogens with one attached hydrogen (secondary N) is 1. The molecule has 0 saturated heterocycles. The summed E-state index contributed by atoms with van der Waals surface area (Å²) in [6, 6.07) is 3.50. The van der Waals surface area contributed by atoms with Crippen molar-refractivity contribution in [3.8, 4) is 0 Å². The molecule has 4 heteroatoms. The van der Waals surface area contributed by atoms with Crippen molar-refractivity contribution < 1.29 is 0 Å². The van der Waals surface area contributed by atoms with Crippen LogP contribution >= 0.6 is 34.8 Å². The maximum absolute atomic E-state index is 6.16. The number of rotatable bonds is 5. The monoisotopic (exact) mass is 293 g/mol. The predicted octanol–water partition coefficient (Wildman–Crippen LogP) is 5.32. The first-order valence-electron chi connectivity index (χ1n) is 5.81. The fraction of sp³-hybridized carbons (Fsp3) is 0.538. The highest BCUT2D eigenvalue weighted by molar-refractivity contribution is 6.44. The molecular weight excluding hydrogens is 277 g/mol. The van der Waals surface area contributed by atoms with E-state index in [1.54, 1.807) is 12.1 Å². The summed E-state index contributed by atoms with van der Waals surface area (Å²) in [5.74, 6) is 0. The van der Waals surface area contributed by atoms with Crippen LogP contribution in [0.25, 0.3) is 0 Å². The number of benzene rings is 1. The zero-order valence-corrected chi connectivity index (χ0v) is 12.7. The maximum atomic E-state index is 6.16. The summed E-state index contributed by atoms with van der Waals surface area (Å²) in [6.07, 6.45) is 2.11. The Kier molecular flexibility index (Phi) is 5.59. The second-order valence-corrected chi connectivity index (χ2v) is 5.64. The van der Waals surface area contributed by atoms with Crippen molar-refractivity contribution in [2.45, 2.75) is 45.7 Å². The van der Waals surface area contributed by atoms with Gasteiger partial charge in [0.1, 0.15) is 0 Å².